The van der Waals surface area contributed by atoms with Gasteiger partial charge in [0.1, 0.15) is 0 Å². The molecule has 0 unspecified atom stereocenters. The molecule has 0 radical (unpaired) electrons. The summed E-state index contributed by atoms with van der Waals surface area (Å²) in [5.41, 5.74) is 5.99. The number of rotatable bonds is 5. The van der Waals surface area contributed by atoms with E-state index < -0.39 is 16.2 Å². The van der Waals surface area contributed by atoms with Crippen LogP contribution in [0.15, 0.2) is 196 Å². The predicted octanol–water partition coefficient (Wildman–Crippen LogP) is 17.3. The lowest BCUT2D eigenvalue weighted by Gasteiger charge is -2.05. The van der Waals surface area contributed by atoms with Gasteiger partial charge in [0.15, 0.2) is 0 Å². The Morgan fingerprint density at radius 3 is 1.09 bits per heavy atom. The fourth-order valence-electron chi connectivity index (χ4n) is 5.35. The van der Waals surface area contributed by atoms with Crippen LogP contribution >= 0.6 is 132 Å². The molecule has 0 saturated heterocycles. The highest BCUT2D eigenvalue weighted by molar-refractivity contribution is 9.10. The minimum atomic E-state index is -3.70. The van der Waals surface area contributed by atoms with Gasteiger partial charge in [-0.1, -0.05) is 206 Å². The van der Waals surface area contributed by atoms with Crippen molar-refractivity contribution in [3.05, 3.63) is 227 Å². The van der Waals surface area contributed by atoms with Crippen LogP contribution in [-0.2, 0) is 9.05 Å². The third-order valence-corrected chi connectivity index (χ3v) is 12.9. The maximum absolute atomic E-state index is 11.1. The van der Waals surface area contributed by atoms with Gasteiger partial charge >= 0.3 is 7.12 Å². The molecule has 0 spiro atoms. The van der Waals surface area contributed by atoms with Crippen LogP contribution in [0, 0.1) is 0 Å². The summed E-state index contributed by atoms with van der Waals surface area (Å²) in [6.07, 6.45) is 0. The van der Waals surface area contributed by atoms with Crippen molar-refractivity contribution in [2.45, 2.75) is 9.79 Å². The lowest BCUT2D eigenvalue weighted by atomic mass is 9.80. The fraction of sp³-hybridized carbons (Fsp3) is 0. The first-order valence-corrected chi connectivity index (χ1v) is 25.2. The molecule has 0 heterocycles. The first-order chi connectivity index (χ1) is 30.8. The molecule has 8 rings (SSSR count). The Balaban J connectivity index is 0.000000183. The maximum Gasteiger partial charge on any atom is 0.489 e. The molecule has 8 aromatic carbocycles. The summed E-state index contributed by atoms with van der Waals surface area (Å²) in [6.45, 7) is 0. The largest absolute Gasteiger partial charge is 0.489 e. The van der Waals surface area contributed by atoms with Crippen molar-refractivity contribution in [1.82, 2.24) is 0 Å². The monoisotopic (exact) mass is 1140 g/mol. The molecule has 0 aromatic heterocycles. The van der Waals surface area contributed by atoms with Crippen LogP contribution in [0.2, 0.25) is 40.2 Å². The van der Waals surface area contributed by atoms with Gasteiger partial charge in [-0.2, -0.15) is 0 Å². The molecule has 334 valence electrons. The second kappa shape index (κ2) is 27.2. The van der Waals surface area contributed by atoms with Crippen molar-refractivity contribution < 1.29 is 18.5 Å². The summed E-state index contributed by atoms with van der Waals surface area (Å²) in [5, 5.41) is 21.9. The number of thiol groups is 1. The Labute approximate surface area is 437 Å². The normalized spacial score (nSPS) is 10.4. The van der Waals surface area contributed by atoms with Crippen LogP contribution in [0.4, 0.5) is 0 Å². The van der Waals surface area contributed by atoms with Gasteiger partial charge in [0, 0.05) is 82.4 Å². The van der Waals surface area contributed by atoms with E-state index in [9.17, 15) is 8.42 Å². The molecule has 0 aliphatic carbocycles. The summed E-state index contributed by atoms with van der Waals surface area (Å²) in [6, 6.07) is 54.6. The molecule has 0 bridgehead atoms. The van der Waals surface area contributed by atoms with Gasteiger partial charge < -0.3 is 10.0 Å². The van der Waals surface area contributed by atoms with Crippen molar-refractivity contribution in [3.8, 4) is 33.4 Å². The first kappa shape index (κ1) is 54.7. The molecule has 8 aromatic rings. The van der Waals surface area contributed by atoms with Gasteiger partial charge in [-0.05, 0) is 102 Å². The average molecular weight is 1150 g/mol. The lowest BCUT2D eigenvalue weighted by molar-refractivity contribution is 0.426. The SMILES string of the molecule is Brc1ccccc1.Clc1ccc(-c2ccccc2)c(Cl)c1.O=S(=O)(Cl)c1ccc(-c2ccc(Cl)cc2Cl)cc1.OB(O)c1ccc(Cl)cc1Cl.Sc1ccc(-c2ccc(Cl)cc2Cl)cc1. The minimum Gasteiger partial charge on any atom is -0.423 e. The molecule has 0 atom stereocenters. The van der Waals surface area contributed by atoms with Crippen LogP contribution < -0.4 is 5.46 Å². The van der Waals surface area contributed by atoms with Gasteiger partial charge in [0.25, 0.3) is 9.05 Å². The average Bonchev–Trinajstić information content (AvgIpc) is 3.25. The molecule has 0 saturated carbocycles. The zero-order valence-electron chi connectivity index (χ0n) is 33.2. The number of halogens is 10. The van der Waals surface area contributed by atoms with Crippen LogP contribution in [-0.4, -0.2) is 25.6 Å². The zero-order chi connectivity index (χ0) is 47.7. The van der Waals surface area contributed by atoms with Crippen molar-refractivity contribution >= 4 is 154 Å². The van der Waals surface area contributed by atoms with E-state index in [1.807, 2.05) is 109 Å². The second-order valence-electron chi connectivity index (χ2n) is 13.1. The van der Waals surface area contributed by atoms with Gasteiger partial charge in [-0.3, -0.25) is 0 Å². The van der Waals surface area contributed by atoms with Gasteiger partial charge in [0.2, 0.25) is 0 Å². The zero-order valence-corrected chi connectivity index (χ0v) is 43.3. The van der Waals surface area contributed by atoms with Crippen molar-refractivity contribution in [3.63, 3.8) is 0 Å². The van der Waals surface area contributed by atoms with E-state index in [-0.39, 0.29) is 15.4 Å². The van der Waals surface area contributed by atoms with E-state index in [1.54, 1.807) is 48.5 Å². The maximum atomic E-state index is 11.1. The van der Waals surface area contributed by atoms with Crippen molar-refractivity contribution in [2.24, 2.45) is 0 Å². The highest BCUT2D eigenvalue weighted by Crippen LogP contribution is 2.33. The Kier molecular flexibility index (Phi) is 22.9. The molecular formula is C48H33BBrCl9O4S2. The van der Waals surface area contributed by atoms with E-state index in [0.29, 0.717) is 35.2 Å². The Morgan fingerprint density at radius 1 is 0.431 bits per heavy atom. The van der Waals surface area contributed by atoms with Crippen molar-refractivity contribution in [1.29, 1.82) is 0 Å². The first-order valence-electron chi connectivity index (χ1n) is 18.6. The molecule has 2 N–H and O–H groups in total. The quantitative estimate of drug-likeness (QED) is 0.0912. The summed E-state index contributed by atoms with van der Waals surface area (Å²) < 4.78 is 23.4. The predicted molar refractivity (Wildman–Crippen MR) is 286 cm³/mol. The third kappa shape index (κ3) is 18.6. The molecule has 4 nitrogen and oxygen atoms in total. The molecule has 0 aliphatic heterocycles. The van der Waals surface area contributed by atoms with Gasteiger partial charge in [-0.15, -0.1) is 12.6 Å². The highest BCUT2D eigenvalue weighted by atomic mass is 79.9. The van der Waals surface area contributed by atoms with E-state index in [1.165, 1.54) is 24.3 Å². The van der Waals surface area contributed by atoms with Crippen LogP contribution in [0.1, 0.15) is 0 Å². The summed E-state index contributed by atoms with van der Waals surface area (Å²) in [7, 11) is -0.00470. The topological polar surface area (TPSA) is 74.6 Å². The molecule has 0 fully saturated rings. The highest BCUT2D eigenvalue weighted by Gasteiger charge is 2.14. The van der Waals surface area contributed by atoms with E-state index in [0.717, 1.165) is 42.7 Å². The van der Waals surface area contributed by atoms with E-state index in [4.69, 9.17) is 114 Å². The standard InChI is InChI=1S/C12H7Cl3O2S.C12H8Cl2S.C12H8Cl2.C6H5BCl2O2.C6H5Br/c13-9-3-6-11(12(14)7-9)8-1-4-10(5-2-8)18(15,16)17;13-9-3-6-11(12(14)7-9)8-1-4-10(15)5-2-8;13-10-6-7-11(12(14)8-10)9-4-2-1-3-5-9;8-4-1-2-5(7(10)11)6(9)3-4;7-6-4-2-1-3-5-6/h1-7H;1-7,15H;1-8H;1-3,10-11H;1-5H. The minimum absolute atomic E-state index is 0.0537. The summed E-state index contributed by atoms with van der Waals surface area (Å²) in [5.74, 6) is 0. The molecule has 17 heteroatoms. The molecule has 65 heavy (non-hydrogen) atoms. The second-order valence-corrected chi connectivity index (χ2v) is 20.5. The van der Waals surface area contributed by atoms with Gasteiger partial charge in [0.05, 0.1) is 4.90 Å². The molecule has 0 aliphatic rings. The Bertz CT molecular complexity index is 2880. The Morgan fingerprint density at radius 2 is 0.769 bits per heavy atom. The Hall–Kier alpha value is -2.87. The summed E-state index contributed by atoms with van der Waals surface area (Å²) in [4.78, 5) is 0.988. The van der Waals surface area contributed by atoms with Crippen LogP contribution in [0.5, 0.6) is 0 Å². The van der Waals surface area contributed by atoms with E-state index >= 15 is 0 Å². The number of hydrogen-bond donors (Lipinski definition) is 3. The van der Waals surface area contributed by atoms with Gasteiger partial charge in [-0.25, -0.2) is 8.42 Å². The number of benzene rings is 8. The van der Waals surface area contributed by atoms with Crippen molar-refractivity contribution in [2.75, 3.05) is 0 Å². The molecular weight excluding hydrogens is 1110 g/mol. The lowest BCUT2D eigenvalue weighted by Crippen LogP contribution is -2.30. The third-order valence-electron chi connectivity index (χ3n) is 8.48. The smallest absolute Gasteiger partial charge is 0.423 e. The fourth-order valence-corrected chi connectivity index (χ4v) is 8.64. The van der Waals surface area contributed by atoms with E-state index in [2.05, 4.69) is 28.6 Å². The summed E-state index contributed by atoms with van der Waals surface area (Å²) >= 11 is 54.4. The number of hydrogen-bond acceptors (Lipinski definition) is 5. The van der Waals surface area contributed by atoms with Crippen LogP contribution in [0.25, 0.3) is 33.4 Å². The van der Waals surface area contributed by atoms with Crippen LogP contribution in [0.3, 0.4) is 0 Å². The molecule has 0 amide bonds.